The third-order valence-corrected chi connectivity index (χ3v) is 2.02. The number of halogens is 2. The van der Waals surface area contributed by atoms with E-state index in [0.29, 0.717) is 0 Å². The van der Waals surface area contributed by atoms with Crippen molar-refractivity contribution in [3.8, 4) is 17.6 Å². The first-order valence-electron chi connectivity index (χ1n) is 4.26. The van der Waals surface area contributed by atoms with Gasteiger partial charge in [-0.05, 0) is 6.07 Å². The largest absolute Gasteiger partial charge is 0.504 e. The van der Waals surface area contributed by atoms with Crippen molar-refractivity contribution in [1.29, 1.82) is 5.26 Å². The van der Waals surface area contributed by atoms with Crippen molar-refractivity contribution in [2.45, 2.75) is 6.04 Å². The van der Waals surface area contributed by atoms with Crippen molar-refractivity contribution in [2.24, 2.45) is 5.73 Å². The lowest BCUT2D eigenvalue weighted by Gasteiger charge is -2.13. The highest BCUT2D eigenvalue weighted by Crippen LogP contribution is 2.34. The molecule has 0 radical (unpaired) electrons. The van der Waals surface area contributed by atoms with Crippen LogP contribution >= 0.6 is 12.4 Å². The second-order valence-corrected chi connectivity index (χ2v) is 2.99. The van der Waals surface area contributed by atoms with E-state index in [-0.39, 0.29) is 35.0 Å². The lowest BCUT2D eigenvalue weighted by molar-refractivity contribution is 0.362. The summed E-state index contributed by atoms with van der Waals surface area (Å²) in [5.41, 5.74) is 5.88. The Bertz CT molecular complexity index is 407. The summed E-state index contributed by atoms with van der Waals surface area (Å²) in [6.45, 7) is -0.814. The van der Waals surface area contributed by atoms with E-state index in [4.69, 9.17) is 15.7 Å². The van der Waals surface area contributed by atoms with Gasteiger partial charge in [-0.3, -0.25) is 0 Å². The van der Waals surface area contributed by atoms with Crippen molar-refractivity contribution in [1.82, 2.24) is 0 Å². The molecule has 0 saturated carbocycles. The quantitative estimate of drug-likeness (QED) is 0.850. The first-order valence-corrected chi connectivity index (χ1v) is 4.26. The van der Waals surface area contributed by atoms with Gasteiger partial charge in [0.2, 0.25) is 0 Å². The van der Waals surface area contributed by atoms with Crippen LogP contribution in [0.3, 0.4) is 0 Å². The smallest absolute Gasteiger partial charge is 0.162 e. The van der Waals surface area contributed by atoms with E-state index in [1.54, 1.807) is 0 Å². The van der Waals surface area contributed by atoms with Crippen LogP contribution in [-0.2, 0) is 0 Å². The topological polar surface area (TPSA) is 79.3 Å². The molecule has 0 aliphatic rings. The number of ether oxygens (including phenoxy) is 1. The maximum absolute atomic E-state index is 12.4. The van der Waals surface area contributed by atoms with Gasteiger partial charge in [0.05, 0.1) is 24.8 Å². The number of alkyl halides is 1. The van der Waals surface area contributed by atoms with Gasteiger partial charge in [-0.1, -0.05) is 0 Å². The molecule has 0 unspecified atom stereocenters. The SMILES string of the molecule is COc1cc(C#N)cc([C@H](N)CF)c1O.Cl. The molecule has 1 aromatic carbocycles. The van der Waals surface area contributed by atoms with Crippen LogP contribution in [0.25, 0.3) is 0 Å². The molecule has 4 nitrogen and oxygen atoms in total. The lowest BCUT2D eigenvalue weighted by atomic mass is 10.0. The van der Waals surface area contributed by atoms with E-state index < -0.39 is 12.7 Å². The Morgan fingerprint density at radius 3 is 2.69 bits per heavy atom. The van der Waals surface area contributed by atoms with Gasteiger partial charge in [0.25, 0.3) is 0 Å². The number of nitrogens with two attached hydrogens (primary N) is 1. The molecule has 0 spiro atoms. The fourth-order valence-corrected chi connectivity index (χ4v) is 1.22. The van der Waals surface area contributed by atoms with Crippen molar-refractivity contribution in [3.05, 3.63) is 23.3 Å². The lowest BCUT2D eigenvalue weighted by Crippen LogP contribution is -2.12. The van der Waals surface area contributed by atoms with E-state index in [2.05, 4.69) is 0 Å². The van der Waals surface area contributed by atoms with Crippen LogP contribution in [0.4, 0.5) is 4.39 Å². The first kappa shape index (κ1) is 14.5. The number of phenols is 1. The molecule has 3 N–H and O–H groups in total. The van der Waals surface area contributed by atoms with Crippen LogP contribution in [-0.4, -0.2) is 18.9 Å². The second-order valence-electron chi connectivity index (χ2n) is 2.99. The Labute approximate surface area is 98.9 Å². The number of benzene rings is 1. The average molecular weight is 247 g/mol. The molecular weight excluding hydrogens is 235 g/mol. The third-order valence-electron chi connectivity index (χ3n) is 2.02. The zero-order chi connectivity index (χ0) is 11.4. The predicted molar refractivity (Wildman–Crippen MR) is 59.5 cm³/mol. The molecule has 0 amide bonds. The third kappa shape index (κ3) is 2.75. The minimum atomic E-state index is -0.952. The molecule has 0 saturated heterocycles. The molecule has 0 heterocycles. The summed E-state index contributed by atoms with van der Waals surface area (Å²) < 4.78 is 17.2. The van der Waals surface area contributed by atoms with Crippen LogP contribution in [0.2, 0.25) is 0 Å². The van der Waals surface area contributed by atoms with Crippen molar-refractivity contribution in [2.75, 3.05) is 13.8 Å². The van der Waals surface area contributed by atoms with Gasteiger partial charge in [0.1, 0.15) is 6.67 Å². The van der Waals surface area contributed by atoms with E-state index in [0.717, 1.165) is 0 Å². The number of phenolic OH excluding ortho intramolecular Hbond substituents is 1. The van der Waals surface area contributed by atoms with Crippen molar-refractivity contribution < 1.29 is 14.2 Å². The summed E-state index contributed by atoms with van der Waals surface area (Å²) in [6.07, 6.45) is 0. The minimum Gasteiger partial charge on any atom is -0.504 e. The first-order chi connectivity index (χ1) is 7.13. The molecule has 16 heavy (non-hydrogen) atoms. The molecule has 0 bridgehead atoms. The number of aromatic hydroxyl groups is 1. The van der Waals surface area contributed by atoms with E-state index >= 15 is 0 Å². The van der Waals surface area contributed by atoms with Crippen molar-refractivity contribution in [3.63, 3.8) is 0 Å². The normalized spacial score (nSPS) is 11.1. The molecule has 6 heteroatoms. The number of nitriles is 1. The number of nitrogens with zero attached hydrogens (tertiary/aromatic N) is 1. The number of methoxy groups -OCH3 is 1. The fourth-order valence-electron chi connectivity index (χ4n) is 1.22. The van der Waals surface area contributed by atoms with Crippen LogP contribution < -0.4 is 10.5 Å². The molecule has 1 atom stereocenters. The maximum Gasteiger partial charge on any atom is 0.162 e. The fraction of sp³-hybridized carbons (Fsp3) is 0.300. The molecule has 88 valence electrons. The van der Waals surface area contributed by atoms with Gasteiger partial charge in [-0.15, -0.1) is 12.4 Å². The summed E-state index contributed by atoms with van der Waals surface area (Å²) in [7, 11) is 1.35. The van der Waals surface area contributed by atoms with Gasteiger partial charge in [-0.25, -0.2) is 4.39 Å². The average Bonchev–Trinajstić information content (AvgIpc) is 2.28. The maximum atomic E-state index is 12.4. The Morgan fingerprint density at radius 2 is 2.25 bits per heavy atom. The molecule has 0 aliphatic heterocycles. The Hall–Kier alpha value is -1.51. The Morgan fingerprint density at radius 1 is 1.62 bits per heavy atom. The van der Waals surface area contributed by atoms with Crippen LogP contribution in [0.1, 0.15) is 17.2 Å². The monoisotopic (exact) mass is 246 g/mol. The number of hydrogen-bond acceptors (Lipinski definition) is 4. The highest BCUT2D eigenvalue weighted by molar-refractivity contribution is 5.85. The predicted octanol–water partition coefficient (Wildman–Crippen LogP) is 1.66. The molecule has 0 fully saturated rings. The molecule has 0 aliphatic carbocycles. The van der Waals surface area contributed by atoms with Gasteiger partial charge < -0.3 is 15.6 Å². The Balaban J connectivity index is 0.00000225. The standard InChI is InChI=1S/C10H11FN2O2.ClH/c1-15-9-3-6(5-12)2-7(10(9)14)8(13)4-11;/h2-3,8,14H,4,13H2,1H3;1H/t8-;/m1./s1. The van der Waals surface area contributed by atoms with Crippen LogP contribution in [0.5, 0.6) is 11.5 Å². The summed E-state index contributed by atoms with van der Waals surface area (Å²) in [5.74, 6) is -0.102. The van der Waals surface area contributed by atoms with E-state index in [1.165, 1.54) is 19.2 Å². The summed E-state index contributed by atoms with van der Waals surface area (Å²) in [6, 6.07) is 3.64. The molecule has 0 aromatic heterocycles. The highest BCUT2D eigenvalue weighted by Gasteiger charge is 2.16. The van der Waals surface area contributed by atoms with Crippen LogP contribution in [0, 0.1) is 11.3 Å². The second kappa shape index (κ2) is 6.16. The molecule has 1 aromatic rings. The van der Waals surface area contributed by atoms with Crippen LogP contribution in [0.15, 0.2) is 12.1 Å². The summed E-state index contributed by atoms with van der Waals surface area (Å²) in [4.78, 5) is 0. The van der Waals surface area contributed by atoms with Gasteiger partial charge in [-0.2, -0.15) is 5.26 Å². The zero-order valence-corrected chi connectivity index (χ0v) is 9.42. The summed E-state index contributed by atoms with van der Waals surface area (Å²) >= 11 is 0. The van der Waals surface area contributed by atoms with Crippen molar-refractivity contribution >= 4 is 12.4 Å². The zero-order valence-electron chi connectivity index (χ0n) is 8.61. The highest BCUT2D eigenvalue weighted by atomic mass is 35.5. The molecular formula is C10H12ClFN2O2. The van der Waals surface area contributed by atoms with E-state index in [9.17, 15) is 9.50 Å². The van der Waals surface area contributed by atoms with Gasteiger partial charge >= 0.3 is 0 Å². The number of hydrogen-bond donors (Lipinski definition) is 2. The van der Waals surface area contributed by atoms with Gasteiger partial charge in [0.15, 0.2) is 11.5 Å². The Kier molecular flexibility index (Phi) is 5.57. The summed E-state index contributed by atoms with van der Waals surface area (Å²) in [5, 5.41) is 18.3. The van der Waals surface area contributed by atoms with Gasteiger partial charge in [0, 0.05) is 11.6 Å². The minimum absolute atomic E-state index is 0. The number of rotatable bonds is 3. The van der Waals surface area contributed by atoms with E-state index in [1.807, 2.05) is 6.07 Å². The molecule has 1 rings (SSSR count).